The van der Waals surface area contributed by atoms with Crippen molar-refractivity contribution in [3.63, 3.8) is 0 Å². The number of fused-ring (bicyclic) bond motifs is 10. The van der Waals surface area contributed by atoms with Crippen LogP contribution in [0.15, 0.2) is 138 Å². The Morgan fingerprint density at radius 2 is 1.16 bits per heavy atom. The van der Waals surface area contributed by atoms with Crippen LogP contribution in [0.1, 0.15) is 36.1 Å². The van der Waals surface area contributed by atoms with Gasteiger partial charge in [-0.1, -0.05) is 135 Å². The molecule has 0 radical (unpaired) electrons. The fourth-order valence-electron chi connectivity index (χ4n) is 7.86. The third-order valence-corrected chi connectivity index (χ3v) is 10.5. The molecular weight excluding hydrogens is 799 g/mol. The smallest absolute Gasteiger partial charge is 0.366 e. The Bertz CT molecular complexity index is 2740. The molecule has 246 valence electrons. The van der Waals surface area contributed by atoms with Gasteiger partial charge in [-0.25, -0.2) is 11.1 Å². The Hall–Kier alpha value is -5.34. The number of hydrogen-bond acceptors (Lipinski definition) is 2. The molecule has 0 spiro atoms. The van der Waals surface area contributed by atoms with Crippen molar-refractivity contribution in [2.45, 2.75) is 33.1 Å². The van der Waals surface area contributed by atoms with Crippen molar-refractivity contribution in [1.29, 1.82) is 0 Å². The topological polar surface area (TPSA) is 26.0 Å². The zero-order valence-electron chi connectivity index (χ0n) is 28.9. The van der Waals surface area contributed by atoms with Crippen molar-refractivity contribution in [3.8, 4) is 33.5 Å². The fraction of sp³-hybridized carbons (Fsp3) is 0.104. The maximum atomic E-state index is 5.50. The van der Waals surface area contributed by atoms with Crippen LogP contribution in [-0.2, 0) is 25.5 Å². The average molecular weight is 833 g/mol. The van der Waals surface area contributed by atoms with E-state index in [-0.39, 0.29) is 25.5 Å². The van der Waals surface area contributed by atoms with Crippen LogP contribution in [0.4, 0.5) is 0 Å². The van der Waals surface area contributed by atoms with E-state index in [0.717, 1.165) is 27.8 Å². The van der Waals surface area contributed by atoms with Gasteiger partial charge in [-0.05, 0) is 38.8 Å². The van der Waals surface area contributed by atoms with E-state index in [0.29, 0.717) is 0 Å². The first-order valence-corrected chi connectivity index (χ1v) is 17.1. The van der Waals surface area contributed by atoms with Gasteiger partial charge in [-0.2, -0.15) is 35.9 Å². The van der Waals surface area contributed by atoms with Gasteiger partial charge >= 0.3 is 20.1 Å². The molecule has 1 heterocycles. The Balaban J connectivity index is 0.000000146. The largest absolute Gasteiger partial charge is 3.00 e. The Labute approximate surface area is 312 Å². The van der Waals surface area contributed by atoms with E-state index < -0.39 is 0 Å². The van der Waals surface area contributed by atoms with Crippen molar-refractivity contribution in [2.24, 2.45) is 0 Å². The van der Waals surface area contributed by atoms with Crippen LogP contribution in [0.25, 0.3) is 76.8 Å². The van der Waals surface area contributed by atoms with Gasteiger partial charge in [0.05, 0.1) is 0 Å². The molecule has 0 saturated carbocycles. The number of nitrogens with zero attached hydrogens (tertiary/aromatic N) is 1. The summed E-state index contributed by atoms with van der Waals surface area (Å²) in [4.78, 5) is 0. The number of aromatic nitrogens is 1. The molecule has 3 heteroatoms. The molecule has 1 aromatic heterocycles. The van der Waals surface area contributed by atoms with Crippen LogP contribution in [0.2, 0.25) is 0 Å². The van der Waals surface area contributed by atoms with E-state index in [9.17, 15) is 0 Å². The van der Waals surface area contributed by atoms with Gasteiger partial charge in [0.1, 0.15) is 0 Å². The quantitative estimate of drug-likeness (QED) is 0.128. The number of benzene rings is 8. The van der Waals surface area contributed by atoms with Gasteiger partial charge in [0, 0.05) is 11.1 Å². The van der Waals surface area contributed by atoms with E-state index in [1.54, 1.807) is 0 Å². The van der Waals surface area contributed by atoms with E-state index in [1.807, 2.05) is 24.3 Å². The minimum Gasteiger partial charge on any atom is -0.366 e. The number of aryl methyl sites for hydroxylation is 2. The SMILES string of the molecule is Cc1c[c-]c(-c2[c-]ccc3c2C(C)(C)c2ccccc2-3)cc1C.[Ir+3].[c-]1cc2c3ccccc3c3ccccc3c2cc1-c1noc2ccccc12. The third-order valence-electron chi connectivity index (χ3n) is 10.5. The summed E-state index contributed by atoms with van der Waals surface area (Å²) < 4.78 is 5.50. The molecule has 1 aliphatic rings. The molecule has 1 aliphatic carbocycles. The second-order valence-corrected chi connectivity index (χ2v) is 13.8. The van der Waals surface area contributed by atoms with Crippen LogP contribution in [-0.4, -0.2) is 5.16 Å². The predicted molar refractivity (Wildman–Crippen MR) is 207 cm³/mol. The second-order valence-electron chi connectivity index (χ2n) is 13.8. The van der Waals surface area contributed by atoms with Crippen molar-refractivity contribution in [2.75, 3.05) is 0 Å². The van der Waals surface area contributed by atoms with Crippen LogP contribution >= 0.6 is 0 Å². The average Bonchev–Trinajstić information content (AvgIpc) is 3.70. The zero-order valence-corrected chi connectivity index (χ0v) is 31.3. The summed E-state index contributed by atoms with van der Waals surface area (Å²) in [5, 5.41) is 12.8. The Kier molecular flexibility index (Phi) is 8.22. The predicted octanol–water partition coefficient (Wildman–Crippen LogP) is 12.6. The molecule has 2 nitrogen and oxygen atoms in total. The summed E-state index contributed by atoms with van der Waals surface area (Å²) in [7, 11) is 0. The van der Waals surface area contributed by atoms with Crippen molar-refractivity contribution < 1.29 is 24.6 Å². The molecule has 9 aromatic rings. The first-order chi connectivity index (χ1) is 24.4. The Morgan fingerprint density at radius 1 is 0.549 bits per heavy atom. The van der Waals surface area contributed by atoms with Gasteiger partial charge in [-0.15, -0.1) is 51.7 Å². The molecule has 51 heavy (non-hydrogen) atoms. The van der Waals surface area contributed by atoms with Gasteiger partial charge in [0.2, 0.25) is 0 Å². The molecule has 0 aliphatic heterocycles. The van der Waals surface area contributed by atoms with E-state index in [4.69, 9.17) is 4.52 Å². The minimum atomic E-state index is -0.00828. The van der Waals surface area contributed by atoms with Gasteiger partial charge in [0.15, 0.2) is 5.58 Å². The molecule has 0 amide bonds. The van der Waals surface area contributed by atoms with Crippen molar-refractivity contribution in [1.82, 2.24) is 5.16 Å². The molecule has 10 rings (SSSR count). The minimum absolute atomic E-state index is 0. The van der Waals surface area contributed by atoms with Gasteiger partial charge in [-0.3, -0.25) is 0 Å². The van der Waals surface area contributed by atoms with Crippen LogP contribution in [0.3, 0.4) is 0 Å². The van der Waals surface area contributed by atoms with Crippen molar-refractivity contribution >= 4 is 43.3 Å². The van der Waals surface area contributed by atoms with Crippen LogP contribution in [0, 0.1) is 32.0 Å². The molecule has 0 atom stereocenters. The summed E-state index contributed by atoms with van der Waals surface area (Å²) in [6, 6.07) is 57.1. The maximum absolute atomic E-state index is 5.50. The summed E-state index contributed by atoms with van der Waals surface area (Å²) in [6.45, 7) is 8.93. The van der Waals surface area contributed by atoms with E-state index in [1.165, 1.54) is 71.3 Å². The second kappa shape index (κ2) is 12.8. The van der Waals surface area contributed by atoms with Gasteiger partial charge < -0.3 is 4.52 Å². The van der Waals surface area contributed by atoms with E-state index in [2.05, 4.69) is 160 Å². The molecule has 0 bridgehead atoms. The number of hydrogen-bond donors (Lipinski definition) is 0. The van der Waals surface area contributed by atoms with Crippen LogP contribution in [0.5, 0.6) is 0 Å². The molecule has 0 saturated heterocycles. The third kappa shape index (κ3) is 5.31. The zero-order chi connectivity index (χ0) is 34.0. The summed E-state index contributed by atoms with van der Waals surface area (Å²) in [6.07, 6.45) is 0. The summed E-state index contributed by atoms with van der Waals surface area (Å²) in [5.74, 6) is 0. The van der Waals surface area contributed by atoms with Crippen LogP contribution < -0.4 is 0 Å². The van der Waals surface area contributed by atoms with E-state index >= 15 is 0 Å². The normalized spacial score (nSPS) is 12.7. The molecule has 0 N–H and O–H groups in total. The Morgan fingerprint density at radius 3 is 1.88 bits per heavy atom. The molecule has 0 fully saturated rings. The molecule has 0 unspecified atom stereocenters. The number of rotatable bonds is 2. The first kappa shape index (κ1) is 32.8. The summed E-state index contributed by atoms with van der Waals surface area (Å²) in [5.41, 5.74) is 13.0. The monoisotopic (exact) mass is 833 g/mol. The molecule has 8 aromatic carbocycles. The van der Waals surface area contributed by atoms with Gasteiger partial charge in [0.25, 0.3) is 0 Å². The fourth-order valence-corrected chi connectivity index (χ4v) is 7.86. The summed E-state index contributed by atoms with van der Waals surface area (Å²) >= 11 is 0. The van der Waals surface area contributed by atoms with Crippen molar-refractivity contribution in [3.05, 3.63) is 174 Å². The molecular formula is C48H34IrNO. The number of para-hydroxylation sites is 1. The first-order valence-electron chi connectivity index (χ1n) is 17.1. The standard InChI is InChI=1S/C25H14NO.C23H20.Ir/c1-2-9-19-17(7-1)18-8-3-4-10-20(18)23-15-16(13-14-21(19)23)25-22-11-5-6-12-24(22)27-26-25;1-15-12-13-17(14-16(15)2)18-9-7-10-20-19-8-5-6-11-21(19)23(3,4)22(18)20;/h1-12,14-15H;5-8,10-12,14H,1-4H3;/q-1;-2;+3. The maximum Gasteiger partial charge on any atom is 3.00 e.